The smallest absolute Gasteiger partial charge is 0.323 e. The Morgan fingerprint density at radius 3 is 2.50 bits per heavy atom. The minimum Gasteiger partial charge on any atom is -0.495 e. The molecule has 0 atom stereocenters. The molecule has 0 aliphatic rings. The third-order valence-corrected chi connectivity index (χ3v) is 7.02. The van der Waals surface area contributed by atoms with Crippen LogP contribution in [-0.2, 0) is 0 Å². The van der Waals surface area contributed by atoms with Crippen molar-refractivity contribution in [2.24, 2.45) is 0 Å². The average Bonchev–Trinajstić information content (AvgIpc) is 2.90. The van der Waals surface area contributed by atoms with Crippen LogP contribution in [0, 0.1) is 6.92 Å². The van der Waals surface area contributed by atoms with E-state index in [9.17, 15) is 9.59 Å². The Morgan fingerprint density at radius 2 is 1.76 bits per heavy atom. The third kappa shape index (κ3) is 4.46. The lowest BCUT2D eigenvalue weighted by Crippen LogP contribution is -2.25. The van der Waals surface area contributed by atoms with Crippen LogP contribution in [0.5, 0.6) is 5.75 Å². The highest BCUT2D eigenvalue weighted by Crippen LogP contribution is 2.40. The molecule has 0 spiro atoms. The molecular weight excluding hydrogens is 500 g/mol. The van der Waals surface area contributed by atoms with Crippen LogP contribution in [0.2, 0.25) is 5.02 Å². The molecule has 0 aliphatic heterocycles. The second-order valence-corrected chi connectivity index (χ2v) is 9.74. The Kier molecular flexibility index (Phi) is 6.78. The van der Waals surface area contributed by atoms with E-state index in [1.54, 1.807) is 24.4 Å². The van der Waals surface area contributed by atoms with Gasteiger partial charge in [-0.05, 0) is 60.4 Å². The van der Waals surface area contributed by atoms with E-state index >= 15 is 0 Å². The van der Waals surface area contributed by atoms with Crippen molar-refractivity contribution in [2.45, 2.75) is 26.7 Å². The van der Waals surface area contributed by atoms with Gasteiger partial charge in [0.1, 0.15) is 11.4 Å². The van der Waals surface area contributed by atoms with Crippen molar-refractivity contribution < 1.29 is 9.53 Å². The average molecular weight is 527 g/mol. The Morgan fingerprint density at radius 1 is 1.00 bits per heavy atom. The third-order valence-electron chi connectivity index (χ3n) is 6.69. The predicted octanol–water partition coefficient (Wildman–Crippen LogP) is 7.48. The summed E-state index contributed by atoms with van der Waals surface area (Å²) in [5, 5.41) is 7.68. The van der Waals surface area contributed by atoms with E-state index in [2.05, 4.69) is 34.4 Å². The van der Waals surface area contributed by atoms with E-state index in [-0.39, 0.29) is 11.6 Å². The summed E-state index contributed by atoms with van der Waals surface area (Å²) in [6.45, 7) is 6.26. The number of urea groups is 1. The molecule has 0 bridgehead atoms. The zero-order valence-corrected chi connectivity index (χ0v) is 22.2. The summed E-state index contributed by atoms with van der Waals surface area (Å²) >= 11 is 6.65. The Balaban J connectivity index is 1.69. The minimum atomic E-state index is -0.601. The summed E-state index contributed by atoms with van der Waals surface area (Å²) in [6, 6.07) is 17.8. The maximum absolute atomic E-state index is 13.4. The van der Waals surface area contributed by atoms with Gasteiger partial charge in [-0.3, -0.25) is 9.78 Å². The molecule has 2 heterocycles. The molecule has 7 nitrogen and oxygen atoms in total. The Labute approximate surface area is 224 Å². The van der Waals surface area contributed by atoms with Gasteiger partial charge in [-0.15, -0.1) is 0 Å². The van der Waals surface area contributed by atoms with Gasteiger partial charge in [0.05, 0.1) is 18.3 Å². The second-order valence-electron chi connectivity index (χ2n) is 9.33. The summed E-state index contributed by atoms with van der Waals surface area (Å²) in [7, 11) is 1.53. The fourth-order valence-corrected chi connectivity index (χ4v) is 5.18. The molecule has 0 saturated heterocycles. The van der Waals surface area contributed by atoms with Gasteiger partial charge < -0.3 is 20.4 Å². The van der Waals surface area contributed by atoms with E-state index in [1.165, 1.54) is 7.11 Å². The van der Waals surface area contributed by atoms with Crippen molar-refractivity contribution in [3.8, 4) is 16.9 Å². The number of aromatic nitrogens is 2. The molecule has 5 aromatic rings. The van der Waals surface area contributed by atoms with Gasteiger partial charge in [0, 0.05) is 38.6 Å². The van der Waals surface area contributed by atoms with Crippen LogP contribution in [-0.4, -0.2) is 23.1 Å². The highest BCUT2D eigenvalue weighted by molar-refractivity contribution is 6.34. The summed E-state index contributed by atoms with van der Waals surface area (Å²) in [5.74, 6) is 0.731. The molecule has 3 aromatic carbocycles. The number of nitrogens with zero attached hydrogens (tertiary/aromatic N) is 1. The fourth-order valence-electron chi connectivity index (χ4n) is 4.95. The molecule has 8 heteroatoms. The molecule has 0 radical (unpaired) electrons. The summed E-state index contributed by atoms with van der Waals surface area (Å²) in [4.78, 5) is 34.1. The number of aryl methyl sites for hydroxylation is 1. The van der Waals surface area contributed by atoms with Crippen molar-refractivity contribution in [1.29, 1.82) is 0 Å². The van der Waals surface area contributed by atoms with Gasteiger partial charge in [-0.2, -0.15) is 0 Å². The lowest BCUT2D eigenvalue weighted by Gasteiger charge is -2.20. The number of methoxy groups -OCH3 is 1. The van der Waals surface area contributed by atoms with E-state index in [0.29, 0.717) is 44.0 Å². The first-order valence-electron chi connectivity index (χ1n) is 12.2. The molecule has 0 fully saturated rings. The number of anilines is 2. The molecule has 38 heavy (non-hydrogen) atoms. The number of halogens is 1. The zero-order chi connectivity index (χ0) is 27.0. The number of hydrogen-bond donors (Lipinski definition) is 3. The molecule has 5 rings (SSSR count). The standard InChI is InChI=1S/C30H27ClN4O3/c1-16(2)18-11-12-23-25(17(18)3)26(19-8-5-6-10-21(19)31)28(29(36)33-23)35-30(37)34-27-20-9-7-15-32-22(20)13-14-24(27)38-4/h5-16H,1-4H3,(H,33,36)(H2,34,35,37). The van der Waals surface area contributed by atoms with Crippen LogP contribution in [0.1, 0.15) is 30.9 Å². The predicted molar refractivity (Wildman–Crippen MR) is 155 cm³/mol. The Bertz CT molecular complexity index is 1760. The number of fused-ring (bicyclic) bond motifs is 2. The monoisotopic (exact) mass is 526 g/mol. The van der Waals surface area contributed by atoms with Crippen LogP contribution < -0.4 is 20.9 Å². The number of nitrogens with one attached hydrogen (secondary N) is 3. The first-order chi connectivity index (χ1) is 18.3. The van der Waals surface area contributed by atoms with Gasteiger partial charge in [-0.25, -0.2) is 4.79 Å². The summed E-state index contributed by atoms with van der Waals surface area (Å²) in [6.07, 6.45) is 1.68. The number of rotatable bonds is 5. The van der Waals surface area contributed by atoms with E-state index in [0.717, 1.165) is 16.5 Å². The van der Waals surface area contributed by atoms with Crippen molar-refractivity contribution >= 4 is 50.8 Å². The highest BCUT2D eigenvalue weighted by atomic mass is 35.5. The summed E-state index contributed by atoms with van der Waals surface area (Å²) < 4.78 is 5.49. The lowest BCUT2D eigenvalue weighted by atomic mass is 9.90. The van der Waals surface area contributed by atoms with Crippen LogP contribution in [0.25, 0.3) is 32.9 Å². The number of hydrogen-bond acceptors (Lipinski definition) is 4. The molecule has 2 aromatic heterocycles. The summed E-state index contributed by atoms with van der Waals surface area (Å²) in [5.41, 5.74) is 4.84. The Hall–Kier alpha value is -4.36. The van der Waals surface area contributed by atoms with E-state index in [1.807, 2.05) is 49.4 Å². The van der Waals surface area contributed by atoms with E-state index < -0.39 is 11.6 Å². The molecule has 192 valence electrons. The van der Waals surface area contributed by atoms with Crippen molar-refractivity contribution in [3.63, 3.8) is 0 Å². The van der Waals surface area contributed by atoms with Crippen molar-refractivity contribution in [3.05, 3.63) is 93.4 Å². The normalized spacial score (nSPS) is 11.2. The maximum Gasteiger partial charge on any atom is 0.323 e. The second kappa shape index (κ2) is 10.2. The van der Waals surface area contributed by atoms with Crippen LogP contribution in [0.4, 0.5) is 16.2 Å². The molecule has 2 amide bonds. The van der Waals surface area contributed by atoms with E-state index in [4.69, 9.17) is 16.3 Å². The largest absolute Gasteiger partial charge is 0.495 e. The first kappa shape index (κ1) is 25.3. The molecule has 0 aliphatic carbocycles. The van der Waals surface area contributed by atoms with Gasteiger partial charge in [0.25, 0.3) is 5.56 Å². The molecule has 0 unspecified atom stereocenters. The maximum atomic E-state index is 13.4. The van der Waals surface area contributed by atoms with Crippen LogP contribution in [0.15, 0.2) is 71.7 Å². The highest BCUT2D eigenvalue weighted by Gasteiger charge is 2.22. The van der Waals surface area contributed by atoms with Gasteiger partial charge in [0.2, 0.25) is 0 Å². The van der Waals surface area contributed by atoms with Crippen LogP contribution >= 0.6 is 11.6 Å². The number of amides is 2. The zero-order valence-electron chi connectivity index (χ0n) is 21.5. The number of pyridine rings is 2. The lowest BCUT2D eigenvalue weighted by molar-refractivity contribution is 0.262. The van der Waals surface area contributed by atoms with Crippen LogP contribution in [0.3, 0.4) is 0 Å². The quantitative estimate of drug-likeness (QED) is 0.221. The molecular formula is C30H27ClN4O3. The van der Waals surface area contributed by atoms with Crippen molar-refractivity contribution in [2.75, 3.05) is 17.7 Å². The number of carbonyl (C=O) groups is 1. The SMILES string of the molecule is COc1ccc2ncccc2c1NC(=O)Nc1c(-c2ccccc2Cl)c2c(C)c(C(C)C)ccc2[nH]c1=O. The van der Waals surface area contributed by atoms with Crippen molar-refractivity contribution in [1.82, 2.24) is 9.97 Å². The molecule has 3 N–H and O–H groups in total. The topological polar surface area (TPSA) is 96.1 Å². The van der Waals surface area contributed by atoms with Gasteiger partial charge >= 0.3 is 6.03 Å². The number of aromatic amines is 1. The number of benzene rings is 3. The number of ether oxygens (including phenoxy) is 1. The fraction of sp³-hybridized carbons (Fsp3) is 0.167. The number of carbonyl (C=O) groups excluding carboxylic acids is 1. The first-order valence-corrected chi connectivity index (χ1v) is 12.6. The van der Waals surface area contributed by atoms with Gasteiger partial charge in [-0.1, -0.05) is 49.7 Å². The minimum absolute atomic E-state index is 0.101. The van der Waals surface area contributed by atoms with Gasteiger partial charge in [0.15, 0.2) is 0 Å². The molecule has 0 saturated carbocycles. The number of H-pyrrole nitrogens is 1.